The lowest BCUT2D eigenvalue weighted by atomic mass is 10.2. The van der Waals surface area contributed by atoms with Gasteiger partial charge in [0.25, 0.3) is 5.91 Å². The molecule has 0 aliphatic heterocycles. The number of nitrogens with one attached hydrogen (secondary N) is 2. The zero-order chi connectivity index (χ0) is 15.2. The van der Waals surface area contributed by atoms with Crippen LogP contribution in [0.2, 0.25) is 0 Å². The standard InChI is InChI=1S/C14H17N5O2/c1-10(20)17-11-2-4-12(5-3-11)18-14(21)13-8-19(7-6-15)9-16-13/h2-5,8-9H,6-7,15H2,1H3,(H,17,20)(H,18,21). The smallest absolute Gasteiger partial charge is 0.275 e. The third kappa shape index (κ3) is 4.15. The summed E-state index contributed by atoms with van der Waals surface area (Å²) in [6, 6.07) is 6.84. The summed E-state index contributed by atoms with van der Waals surface area (Å²) < 4.78 is 1.76. The minimum atomic E-state index is -0.293. The van der Waals surface area contributed by atoms with E-state index in [9.17, 15) is 9.59 Å². The molecule has 1 aromatic heterocycles. The monoisotopic (exact) mass is 287 g/mol. The predicted molar refractivity (Wildman–Crippen MR) is 80.0 cm³/mol. The van der Waals surface area contributed by atoms with Crippen LogP contribution in [0.25, 0.3) is 0 Å². The number of nitrogens with two attached hydrogens (primary N) is 1. The summed E-state index contributed by atoms with van der Waals surface area (Å²) in [4.78, 5) is 26.9. The van der Waals surface area contributed by atoms with Crippen molar-refractivity contribution in [2.75, 3.05) is 17.2 Å². The van der Waals surface area contributed by atoms with Gasteiger partial charge in [0.2, 0.25) is 5.91 Å². The Labute approximate surface area is 122 Å². The highest BCUT2D eigenvalue weighted by Gasteiger charge is 2.09. The topological polar surface area (TPSA) is 102 Å². The Morgan fingerprint density at radius 1 is 1.19 bits per heavy atom. The first-order chi connectivity index (χ1) is 10.1. The van der Waals surface area contributed by atoms with E-state index >= 15 is 0 Å². The minimum Gasteiger partial charge on any atom is -0.335 e. The summed E-state index contributed by atoms with van der Waals surface area (Å²) in [5.41, 5.74) is 7.07. The SMILES string of the molecule is CC(=O)Nc1ccc(NC(=O)c2cn(CCN)cn2)cc1. The van der Waals surface area contributed by atoms with Gasteiger partial charge in [-0.3, -0.25) is 9.59 Å². The molecule has 0 saturated heterocycles. The molecule has 2 aromatic rings. The number of hydrogen-bond donors (Lipinski definition) is 3. The van der Waals surface area contributed by atoms with Gasteiger partial charge in [-0.25, -0.2) is 4.98 Å². The van der Waals surface area contributed by atoms with Crippen LogP contribution in [0.15, 0.2) is 36.8 Å². The number of aromatic nitrogens is 2. The second kappa shape index (κ2) is 6.67. The molecular formula is C14H17N5O2. The van der Waals surface area contributed by atoms with Crippen LogP contribution >= 0.6 is 0 Å². The van der Waals surface area contributed by atoms with Gasteiger partial charge in [0.1, 0.15) is 5.69 Å². The first-order valence-corrected chi connectivity index (χ1v) is 6.49. The fourth-order valence-electron chi connectivity index (χ4n) is 1.78. The zero-order valence-corrected chi connectivity index (χ0v) is 11.7. The van der Waals surface area contributed by atoms with E-state index < -0.39 is 0 Å². The minimum absolute atomic E-state index is 0.141. The molecule has 2 amide bonds. The summed E-state index contributed by atoms with van der Waals surface area (Å²) in [5, 5.41) is 5.39. The van der Waals surface area contributed by atoms with Crippen molar-refractivity contribution in [2.24, 2.45) is 5.73 Å². The highest BCUT2D eigenvalue weighted by molar-refractivity contribution is 6.02. The zero-order valence-electron chi connectivity index (χ0n) is 11.7. The summed E-state index contributed by atoms with van der Waals surface area (Å²) in [6.45, 7) is 2.54. The molecule has 4 N–H and O–H groups in total. The van der Waals surface area contributed by atoms with Crippen LogP contribution in [0.5, 0.6) is 0 Å². The number of benzene rings is 1. The molecule has 0 atom stereocenters. The van der Waals surface area contributed by atoms with Crippen LogP contribution < -0.4 is 16.4 Å². The molecule has 0 saturated carbocycles. The van der Waals surface area contributed by atoms with Crippen LogP contribution in [-0.2, 0) is 11.3 Å². The number of imidazole rings is 1. The van der Waals surface area contributed by atoms with Crippen LogP contribution in [0.3, 0.4) is 0 Å². The Kier molecular flexibility index (Phi) is 4.68. The molecule has 1 heterocycles. The number of anilines is 2. The molecule has 2 rings (SSSR count). The number of nitrogens with zero attached hydrogens (tertiary/aromatic N) is 2. The maximum atomic E-state index is 12.0. The quantitative estimate of drug-likeness (QED) is 0.765. The van der Waals surface area contributed by atoms with Gasteiger partial charge in [0.15, 0.2) is 0 Å². The van der Waals surface area contributed by atoms with Gasteiger partial charge in [-0.1, -0.05) is 0 Å². The molecular weight excluding hydrogens is 270 g/mol. The van der Waals surface area contributed by atoms with Crippen LogP contribution in [0.1, 0.15) is 17.4 Å². The molecule has 0 unspecified atom stereocenters. The Hall–Kier alpha value is -2.67. The van der Waals surface area contributed by atoms with Crippen LogP contribution in [0.4, 0.5) is 11.4 Å². The van der Waals surface area contributed by atoms with E-state index in [-0.39, 0.29) is 11.8 Å². The molecule has 0 radical (unpaired) electrons. The van der Waals surface area contributed by atoms with Gasteiger partial charge in [-0.2, -0.15) is 0 Å². The lowest BCUT2D eigenvalue weighted by Crippen LogP contribution is -2.13. The molecule has 0 fully saturated rings. The number of amides is 2. The fourth-order valence-corrected chi connectivity index (χ4v) is 1.78. The van der Waals surface area contributed by atoms with E-state index in [4.69, 9.17) is 5.73 Å². The summed E-state index contributed by atoms with van der Waals surface area (Å²) in [5.74, 6) is -0.435. The lowest BCUT2D eigenvalue weighted by molar-refractivity contribution is -0.114. The Morgan fingerprint density at radius 2 is 1.81 bits per heavy atom. The van der Waals surface area contributed by atoms with E-state index in [0.29, 0.717) is 30.2 Å². The number of hydrogen-bond acceptors (Lipinski definition) is 4. The van der Waals surface area contributed by atoms with E-state index in [1.54, 1.807) is 41.4 Å². The van der Waals surface area contributed by atoms with Gasteiger partial charge >= 0.3 is 0 Å². The van der Waals surface area contributed by atoms with Crippen molar-refractivity contribution in [3.8, 4) is 0 Å². The maximum Gasteiger partial charge on any atom is 0.275 e. The van der Waals surface area contributed by atoms with Gasteiger partial charge in [0.05, 0.1) is 6.33 Å². The molecule has 0 aliphatic carbocycles. The molecule has 0 bridgehead atoms. The predicted octanol–water partition coefficient (Wildman–Crippen LogP) is 1.05. The summed E-state index contributed by atoms with van der Waals surface area (Å²) >= 11 is 0. The second-order valence-electron chi connectivity index (χ2n) is 4.50. The first-order valence-electron chi connectivity index (χ1n) is 6.49. The highest BCUT2D eigenvalue weighted by atomic mass is 16.2. The largest absolute Gasteiger partial charge is 0.335 e. The average molecular weight is 287 g/mol. The normalized spacial score (nSPS) is 10.2. The number of rotatable bonds is 5. The third-order valence-corrected chi connectivity index (χ3v) is 2.72. The van der Waals surface area contributed by atoms with Crippen molar-refractivity contribution in [3.05, 3.63) is 42.5 Å². The maximum absolute atomic E-state index is 12.0. The van der Waals surface area contributed by atoms with Crippen molar-refractivity contribution in [3.63, 3.8) is 0 Å². The van der Waals surface area contributed by atoms with E-state index in [1.807, 2.05) is 0 Å². The van der Waals surface area contributed by atoms with Crippen molar-refractivity contribution in [1.82, 2.24) is 9.55 Å². The molecule has 1 aromatic carbocycles. The molecule has 110 valence electrons. The van der Waals surface area contributed by atoms with Crippen molar-refractivity contribution in [2.45, 2.75) is 13.5 Å². The third-order valence-electron chi connectivity index (χ3n) is 2.72. The van der Waals surface area contributed by atoms with E-state index in [1.165, 1.54) is 6.92 Å². The molecule has 21 heavy (non-hydrogen) atoms. The summed E-state index contributed by atoms with van der Waals surface area (Å²) in [6.07, 6.45) is 3.22. The molecule has 7 heteroatoms. The van der Waals surface area contributed by atoms with Crippen molar-refractivity contribution in [1.29, 1.82) is 0 Å². The van der Waals surface area contributed by atoms with Gasteiger partial charge in [-0.15, -0.1) is 0 Å². The van der Waals surface area contributed by atoms with Gasteiger partial charge < -0.3 is 20.9 Å². The fraction of sp³-hybridized carbons (Fsp3) is 0.214. The average Bonchev–Trinajstić information content (AvgIpc) is 2.89. The lowest BCUT2D eigenvalue weighted by Gasteiger charge is -2.05. The number of carbonyl (C=O) groups is 2. The summed E-state index contributed by atoms with van der Waals surface area (Å²) in [7, 11) is 0. The molecule has 0 spiro atoms. The van der Waals surface area contributed by atoms with Gasteiger partial charge in [0, 0.05) is 37.6 Å². The van der Waals surface area contributed by atoms with Crippen LogP contribution in [-0.4, -0.2) is 27.9 Å². The Balaban J connectivity index is 1.99. The Morgan fingerprint density at radius 3 is 2.38 bits per heavy atom. The van der Waals surface area contributed by atoms with E-state index in [0.717, 1.165) is 0 Å². The van der Waals surface area contributed by atoms with Crippen LogP contribution in [0, 0.1) is 0 Å². The second-order valence-corrected chi connectivity index (χ2v) is 4.50. The highest BCUT2D eigenvalue weighted by Crippen LogP contribution is 2.14. The molecule has 7 nitrogen and oxygen atoms in total. The van der Waals surface area contributed by atoms with Gasteiger partial charge in [-0.05, 0) is 24.3 Å². The van der Waals surface area contributed by atoms with Crippen molar-refractivity contribution < 1.29 is 9.59 Å². The van der Waals surface area contributed by atoms with E-state index in [2.05, 4.69) is 15.6 Å². The first kappa shape index (κ1) is 14.7. The Bertz CT molecular complexity index is 633. The molecule has 0 aliphatic rings. The van der Waals surface area contributed by atoms with Crippen molar-refractivity contribution >= 4 is 23.2 Å². The number of carbonyl (C=O) groups excluding carboxylic acids is 2.